The molecule has 5 nitrogen and oxygen atoms in total. The number of morpholine rings is 1. The minimum atomic E-state index is -0.138. The molecule has 6 heteroatoms. The molecule has 0 bridgehead atoms. The molecule has 1 aliphatic rings. The number of methoxy groups -OCH3 is 1. The third-order valence-corrected chi connectivity index (χ3v) is 5.35. The Bertz CT molecular complexity index is 862. The van der Waals surface area contributed by atoms with E-state index in [2.05, 4.69) is 4.90 Å². The average molecular weight is 430 g/mol. The number of rotatable bonds is 10. The number of unbranched alkanes of at least 4 members (excludes halogenated alkanes) is 1. The fourth-order valence-electron chi connectivity index (χ4n) is 3.26. The quantitative estimate of drug-likeness (QED) is 0.310. The molecule has 0 spiro atoms. The Kier molecular flexibility index (Phi) is 8.75. The van der Waals surface area contributed by atoms with Crippen LogP contribution in [0.15, 0.2) is 48.5 Å². The number of carbonyl (C=O) groups is 1. The average Bonchev–Trinajstić information content (AvgIpc) is 2.78. The van der Waals surface area contributed by atoms with Crippen LogP contribution in [-0.4, -0.2) is 57.2 Å². The summed E-state index contributed by atoms with van der Waals surface area (Å²) >= 11 is 6.16. The van der Waals surface area contributed by atoms with Gasteiger partial charge >= 0.3 is 0 Å². The molecule has 30 heavy (non-hydrogen) atoms. The molecular weight excluding hydrogens is 402 g/mol. The highest BCUT2D eigenvalue weighted by atomic mass is 35.5. The van der Waals surface area contributed by atoms with Gasteiger partial charge in [0.2, 0.25) is 0 Å². The number of ketones is 1. The Balaban J connectivity index is 1.59. The molecule has 0 saturated carbocycles. The van der Waals surface area contributed by atoms with Gasteiger partial charge in [-0.15, -0.1) is 0 Å². The number of nitrogens with zero attached hydrogens (tertiary/aromatic N) is 1. The van der Waals surface area contributed by atoms with Crippen LogP contribution in [0.25, 0.3) is 6.08 Å². The summed E-state index contributed by atoms with van der Waals surface area (Å²) < 4.78 is 16.6. The molecule has 3 rings (SSSR count). The molecule has 2 aromatic rings. The predicted molar refractivity (Wildman–Crippen MR) is 120 cm³/mol. The summed E-state index contributed by atoms with van der Waals surface area (Å²) in [6.45, 7) is 5.20. The van der Waals surface area contributed by atoms with Gasteiger partial charge in [0.05, 0.1) is 32.5 Å². The van der Waals surface area contributed by atoms with E-state index in [9.17, 15) is 4.79 Å². The summed E-state index contributed by atoms with van der Waals surface area (Å²) in [7, 11) is 1.60. The molecule has 1 saturated heterocycles. The van der Waals surface area contributed by atoms with Gasteiger partial charge in [-0.05, 0) is 55.3 Å². The van der Waals surface area contributed by atoms with Crippen molar-refractivity contribution in [2.75, 3.05) is 46.6 Å². The van der Waals surface area contributed by atoms with E-state index in [4.69, 9.17) is 25.8 Å². The summed E-state index contributed by atoms with van der Waals surface area (Å²) in [4.78, 5) is 15.2. The van der Waals surface area contributed by atoms with Gasteiger partial charge < -0.3 is 14.2 Å². The van der Waals surface area contributed by atoms with Gasteiger partial charge in [-0.3, -0.25) is 9.69 Å². The zero-order valence-corrected chi connectivity index (χ0v) is 18.1. The van der Waals surface area contributed by atoms with Gasteiger partial charge in [-0.1, -0.05) is 29.8 Å². The molecule has 0 N–H and O–H groups in total. The van der Waals surface area contributed by atoms with Crippen molar-refractivity contribution in [2.24, 2.45) is 0 Å². The highest BCUT2D eigenvalue weighted by molar-refractivity contribution is 6.32. The highest BCUT2D eigenvalue weighted by Crippen LogP contribution is 2.26. The van der Waals surface area contributed by atoms with Gasteiger partial charge in [0.25, 0.3) is 0 Å². The second kappa shape index (κ2) is 11.7. The normalized spacial score (nSPS) is 14.7. The van der Waals surface area contributed by atoms with E-state index in [1.54, 1.807) is 37.5 Å². The molecule has 0 atom stereocenters. The first-order valence-electron chi connectivity index (χ1n) is 10.3. The van der Waals surface area contributed by atoms with E-state index in [1.807, 2.05) is 18.2 Å². The smallest absolute Gasteiger partial charge is 0.189 e. The van der Waals surface area contributed by atoms with Gasteiger partial charge in [0.1, 0.15) is 11.5 Å². The van der Waals surface area contributed by atoms with E-state index >= 15 is 0 Å². The Morgan fingerprint density at radius 2 is 1.97 bits per heavy atom. The summed E-state index contributed by atoms with van der Waals surface area (Å²) in [6.07, 6.45) is 5.20. The second-order valence-electron chi connectivity index (χ2n) is 7.09. The maximum Gasteiger partial charge on any atom is 0.189 e. The van der Waals surface area contributed by atoms with E-state index in [0.29, 0.717) is 28.7 Å². The number of benzene rings is 2. The molecular formula is C24H28ClNO4. The van der Waals surface area contributed by atoms with Crippen molar-refractivity contribution >= 4 is 23.5 Å². The van der Waals surface area contributed by atoms with Crippen LogP contribution in [0.2, 0.25) is 5.02 Å². The van der Waals surface area contributed by atoms with Crippen molar-refractivity contribution in [3.05, 3.63) is 64.7 Å². The first-order valence-corrected chi connectivity index (χ1v) is 10.6. The number of halogens is 1. The van der Waals surface area contributed by atoms with Gasteiger partial charge in [0.15, 0.2) is 5.78 Å². The van der Waals surface area contributed by atoms with E-state index in [-0.39, 0.29) is 5.78 Å². The maximum atomic E-state index is 12.8. The van der Waals surface area contributed by atoms with Crippen molar-refractivity contribution in [1.82, 2.24) is 4.90 Å². The van der Waals surface area contributed by atoms with Crippen LogP contribution in [0.3, 0.4) is 0 Å². The third-order valence-electron chi connectivity index (χ3n) is 5.00. The van der Waals surface area contributed by atoms with E-state index in [0.717, 1.165) is 51.3 Å². The van der Waals surface area contributed by atoms with Crippen LogP contribution >= 0.6 is 11.6 Å². The zero-order valence-electron chi connectivity index (χ0n) is 17.3. The summed E-state index contributed by atoms with van der Waals surface area (Å²) in [5.74, 6) is 1.06. The molecule has 2 aromatic carbocycles. The minimum Gasteiger partial charge on any atom is -0.497 e. The van der Waals surface area contributed by atoms with Crippen molar-refractivity contribution in [3.8, 4) is 11.5 Å². The number of allylic oxidation sites excluding steroid dienone is 1. The molecule has 0 unspecified atom stereocenters. The van der Waals surface area contributed by atoms with Gasteiger partial charge in [-0.2, -0.15) is 0 Å². The Labute approximate surface area is 183 Å². The van der Waals surface area contributed by atoms with Crippen LogP contribution in [0.4, 0.5) is 0 Å². The fourth-order valence-corrected chi connectivity index (χ4v) is 3.46. The molecule has 1 aliphatic heterocycles. The van der Waals surface area contributed by atoms with Crippen molar-refractivity contribution < 1.29 is 19.0 Å². The van der Waals surface area contributed by atoms with Gasteiger partial charge in [-0.25, -0.2) is 0 Å². The van der Waals surface area contributed by atoms with Crippen LogP contribution in [-0.2, 0) is 4.74 Å². The Morgan fingerprint density at radius 1 is 1.17 bits per heavy atom. The lowest BCUT2D eigenvalue weighted by molar-refractivity contribution is 0.0368. The zero-order chi connectivity index (χ0) is 21.2. The number of ether oxygens (including phenoxy) is 3. The maximum absolute atomic E-state index is 12.8. The largest absolute Gasteiger partial charge is 0.497 e. The molecule has 0 aliphatic carbocycles. The lowest BCUT2D eigenvalue weighted by Crippen LogP contribution is -2.36. The Hall–Kier alpha value is -2.34. The van der Waals surface area contributed by atoms with Crippen LogP contribution in [0, 0.1) is 0 Å². The van der Waals surface area contributed by atoms with Crippen LogP contribution < -0.4 is 9.47 Å². The van der Waals surface area contributed by atoms with Crippen LogP contribution in [0.1, 0.15) is 28.8 Å². The predicted octanol–water partition coefficient (Wildman–Crippen LogP) is 4.74. The monoisotopic (exact) mass is 429 g/mol. The van der Waals surface area contributed by atoms with E-state index < -0.39 is 0 Å². The van der Waals surface area contributed by atoms with E-state index in [1.165, 1.54) is 6.08 Å². The number of carbonyl (C=O) groups excluding carboxylic acids is 1. The molecule has 1 fully saturated rings. The number of hydrogen-bond acceptors (Lipinski definition) is 5. The van der Waals surface area contributed by atoms with Crippen molar-refractivity contribution in [3.63, 3.8) is 0 Å². The summed E-state index contributed by atoms with van der Waals surface area (Å²) in [6, 6.07) is 12.7. The minimum absolute atomic E-state index is 0.138. The second-order valence-corrected chi connectivity index (χ2v) is 7.50. The molecule has 0 radical (unpaired) electrons. The first kappa shape index (κ1) is 22.3. The van der Waals surface area contributed by atoms with Crippen molar-refractivity contribution in [2.45, 2.75) is 12.8 Å². The Morgan fingerprint density at radius 3 is 2.73 bits per heavy atom. The molecule has 0 aromatic heterocycles. The molecule has 1 heterocycles. The van der Waals surface area contributed by atoms with Crippen LogP contribution in [0.5, 0.6) is 11.5 Å². The third kappa shape index (κ3) is 6.59. The first-order chi connectivity index (χ1) is 14.7. The lowest BCUT2D eigenvalue weighted by Gasteiger charge is -2.26. The summed E-state index contributed by atoms with van der Waals surface area (Å²) in [5, 5.41) is 0.605. The topological polar surface area (TPSA) is 48.0 Å². The number of hydrogen-bond donors (Lipinski definition) is 0. The standard InChI is InChI=1S/C24H28ClNO4/c1-28-20-9-10-21(23(27)11-8-19-6-2-3-7-22(19)25)24(18-20)30-15-5-4-12-26-13-16-29-17-14-26/h2-3,6-11,18H,4-5,12-17H2,1H3. The highest BCUT2D eigenvalue weighted by Gasteiger charge is 2.13. The van der Waals surface area contributed by atoms with Crippen molar-refractivity contribution in [1.29, 1.82) is 0 Å². The molecule has 0 amide bonds. The lowest BCUT2D eigenvalue weighted by atomic mass is 10.1. The SMILES string of the molecule is COc1ccc(C(=O)C=Cc2ccccc2Cl)c(OCCCCN2CCOCC2)c1. The fraction of sp³-hybridized carbons (Fsp3) is 0.375. The van der Waals surface area contributed by atoms with Gasteiger partial charge in [0, 0.05) is 24.2 Å². The summed E-state index contributed by atoms with van der Waals surface area (Å²) in [5.41, 5.74) is 1.30. The molecule has 160 valence electrons.